The fourth-order valence-corrected chi connectivity index (χ4v) is 1.35. The van der Waals surface area contributed by atoms with Crippen molar-refractivity contribution in [2.75, 3.05) is 13.2 Å². The Hall–Kier alpha value is -0.930. The summed E-state index contributed by atoms with van der Waals surface area (Å²) in [6, 6.07) is 7.45. The molecule has 1 aromatic carbocycles. The lowest BCUT2D eigenvalue weighted by Crippen LogP contribution is -2.16. The average molecular weight is 346 g/mol. The van der Waals surface area contributed by atoms with Crippen molar-refractivity contribution < 1.29 is 14.2 Å². The molecule has 0 aliphatic rings. The van der Waals surface area contributed by atoms with E-state index < -0.39 is 0 Å². The second kappa shape index (κ2) is 8.20. The topological polar surface area (TPSA) is 27.7 Å². The van der Waals surface area contributed by atoms with Crippen LogP contribution in [0.1, 0.15) is 13.8 Å². The number of halogens is 1. The first-order valence-electron chi connectivity index (χ1n) is 5.36. The van der Waals surface area contributed by atoms with Crippen LogP contribution in [0.4, 0.5) is 0 Å². The number of benzene rings is 1. The Balaban J connectivity index is 2.41. The summed E-state index contributed by atoms with van der Waals surface area (Å²) in [5.74, 6) is 4.40. The molecule has 3 nitrogen and oxygen atoms in total. The van der Waals surface area contributed by atoms with E-state index in [0.29, 0.717) is 13.2 Å². The van der Waals surface area contributed by atoms with Crippen LogP contribution in [0, 0.1) is 9.85 Å². The van der Waals surface area contributed by atoms with Gasteiger partial charge in [-0.2, -0.15) is 0 Å². The number of rotatable bonds is 6. The minimum Gasteiger partial charge on any atom is -0.494 e. The average Bonchev–Trinajstić information content (AvgIpc) is 2.32. The Labute approximate surface area is 116 Å². The van der Waals surface area contributed by atoms with Crippen LogP contribution in [-0.2, 0) is 4.74 Å². The predicted octanol–water partition coefficient (Wildman–Crippen LogP) is 3.22. The zero-order valence-corrected chi connectivity index (χ0v) is 12.1. The van der Waals surface area contributed by atoms with Crippen molar-refractivity contribution >= 4 is 22.6 Å². The standard InChI is InChI=1S/C13H15IO3/c1-3-15-12-5-7-13(8-6-12)17-11(2)16-10-4-9-14/h5-8,11H,3,10H2,1-2H3. The first-order chi connectivity index (χ1) is 8.26. The first-order valence-corrected chi connectivity index (χ1v) is 6.43. The van der Waals surface area contributed by atoms with Crippen LogP contribution in [0.15, 0.2) is 24.3 Å². The molecular formula is C13H15IO3. The second-order valence-corrected chi connectivity index (χ2v) is 3.71. The molecule has 0 bridgehead atoms. The van der Waals surface area contributed by atoms with E-state index >= 15 is 0 Å². The lowest BCUT2D eigenvalue weighted by molar-refractivity contribution is -0.0527. The lowest BCUT2D eigenvalue weighted by atomic mass is 10.3. The molecule has 1 aromatic rings. The van der Waals surface area contributed by atoms with E-state index in [1.807, 2.05) is 60.7 Å². The van der Waals surface area contributed by atoms with Gasteiger partial charge in [-0.1, -0.05) is 5.92 Å². The van der Waals surface area contributed by atoms with Gasteiger partial charge in [0.05, 0.1) is 6.61 Å². The van der Waals surface area contributed by atoms with Gasteiger partial charge in [0.1, 0.15) is 18.1 Å². The Morgan fingerprint density at radius 3 is 2.47 bits per heavy atom. The molecule has 0 spiro atoms. The quantitative estimate of drug-likeness (QED) is 0.450. The molecule has 0 saturated carbocycles. The molecule has 92 valence electrons. The van der Waals surface area contributed by atoms with Gasteiger partial charge in [0.25, 0.3) is 0 Å². The van der Waals surface area contributed by atoms with E-state index in [2.05, 4.69) is 9.85 Å². The summed E-state index contributed by atoms with van der Waals surface area (Å²) in [6.45, 7) is 4.83. The maximum absolute atomic E-state index is 5.55. The van der Waals surface area contributed by atoms with Crippen molar-refractivity contribution in [2.45, 2.75) is 20.1 Å². The van der Waals surface area contributed by atoms with Gasteiger partial charge in [-0.3, -0.25) is 0 Å². The van der Waals surface area contributed by atoms with Gasteiger partial charge in [-0.25, -0.2) is 0 Å². The highest BCUT2D eigenvalue weighted by atomic mass is 127. The van der Waals surface area contributed by atoms with Gasteiger partial charge in [0.15, 0.2) is 6.29 Å². The van der Waals surface area contributed by atoms with Crippen molar-refractivity contribution in [3.63, 3.8) is 0 Å². The third kappa shape index (κ3) is 5.80. The molecule has 0 radical (unpaired) electrons. The van der Waals surface area contributed by atoms with Gasteiger partial charge in [-0.05, 0) is 42.0 Å². The van der Waals surface area contributed by atoms with Crippen molar-refractivity contribution in [1.82, 2.24) is 0 Å². The predicted molar refractivity (Wildman–Crippen MR) is 75.4 cm³/mol. The number of hydrogen-bond donors (Lipinski definition) is 0. The Morgan fingerprint density at radius 2 is 1.88 bits per heavy atom. The second-order valence-electron chi connectivity index (χ2n) is 3.17. The van der Waals surface area contributed by atoms with E-state index in [0.717, 1.165) is 11.5 Å². The molecular weight excluding hydrogens is 331 g/mol. The molecule has 0 aliphatic carbocycles. The first kappa shape index (κ1) is 14.1. The van der Waals surface area contributed by atoms with E-state index in [1.165, 1.54) is 0 Å². The van der Waals surface area contributed by atoms with E-state index in [9.17, 15) is 0 Å². The maximum atomic E-state index is 5.55. The molecule has 0 fully saturated rings. The molecule has 1 atom stereocenters. The summed E-state index contributed by atoms with van der Waals surface area (Å²) >= 11 is 1.97. The molecule has 0 aliphatic heterocycles. The lowest BCUT2D eigenvalue weighted by Gasteiger charge is -2.14. The highest BCUT2D eigenvalue weighted by Gasteiger charge is 2.03. The molecule has 1 unspecified atom stereocenters. The van der Waals surface area contributed by atoms with Gasteiger partial charge >= 0.3 is 0 Å². The SMILES string of the molecule is CCOc1ccc(OC(C)OCC#CI)cc1. The van der Waals surface area contributed by atoms with Gasteiger partial charge < -0.3 is 14.2 Å². The maximum Gasteiger partial charge on any atom is 0.198 e. The van der Waals surface area contributed by atoms with Gasteiger partial charge in [-0.15, -0.1) is 0 Å². The summed E-state index contributed by atoms with van der Waals surface area (Å²) in [6.07, 6.45) is -0.315. The van der Waals surface area contributed by atoms with Crippen LogP contribution in [0.2, 0.25) is 0 Å². The summed E-state index contributed by atoms with van der Waals surface area (Å²) < 4.78 is 18.9. The van der Waals surface area contributed by atoms with Gasteiger partial charge in [0.2, 0.25) is 0 Å². The molecule has 1 rings (SSSR count). The third-order valence-corrected chi connectivity index (χ3v) is 2.28. The fraction of sp³-hybridized carbons (Fsp3) is 0.385. The number of ether oxygens (including phenoxy) is 3. The molecule has 0 saturated heterocycles. The summed E-state index contributed by atoms with van der Waals surface area (Å²) in [7, 11) is 0. The minimum atomic E-state index is -0.315. The van der Waals surface area contributed by atoms with E-state index in [1.54, 1.807) is 0 Å². The minimum absolute atomic E-state index is 0.315. The van der Waals surface area contributed by atoms with E-state index in [-0.39, 0.29) is 6.29 Å². The summed E-state index contributed by atoms with van der Waals surface area (Å²) in [4.78, 5) is 0. The third-order valence-electron chi connectivity index (χ3n) is 1.89. The van der Waals surface area contributed by atoms with Crippen LogP contribution < -0.4 is 9.47 Å². The smallest absolute Gasteiger partial charge is 0.198 e. The largest absolute Gasteiger partial charge is 0.494 e. The molecule has 17 heavy (non-hydrogen) atoms. The van der Waals surface area contributed by atoms with Gasteiger partial charge in [0, 0.05) is 22.6 Å². The number of hydrogen-bond acceptors (Lipinski definition) is 3. The van der Waals surface area contributed by atoms with Crippen molar-refractivity contribution in [3.05, 3.63) is 24.3 Å². The van der Waals surface area contributed by atoms with Crippen LogP contribution >= 0.6 is 22.6 Å². The molecule has 4 heteroatoms. The normalized spacial score (nSPS) is 11.2. The fourth-order valence-electron chi connectivity index (χ4n) is 1.19. The zero-order chi connectivity index (χ0) is 12.5. The summed E-state index contributed by atoms with van der Waals surface area (Å²) in [5, 5.41) is 0. The Bertz CT molecular complexity index is 378. The van der Waals surface area contributed by atoms with Crippen LogP contribution in [0.5, 0.6) is 11.5 Å². The Kier molecular flexibility index (Phi) is 6.82. The molecule has 0 heterocycles. The van der Waals surface area contributed by atoms with Crippen molar-refractivity contribution in [2.24, 2.45) is 0 Å². The monoisotopic (exact) mass is 346 g/mol. The van der Waals surface area contributed by atoms with E-state index in [4.69, 9.17) is 14.2 Å². The van der Waals surface area contributed by atoms with Crippen LogP contribution in [0.25, 0.3) is 0 Å². The van der Waals surface area contributed by atoms with Crippen molar-refractivity contribution in [3.8, 4) is 21.3 Å². The zero-order valence-electron chi connectivity index (χ0n) is 9.90. The summed E-state index contributed by atoms with van der Waals surface area (Å²) in [5.41, 5.74) is 0. The Morgan fingerprint density at radius 1 is 1.24 bits per heavy atom. The van der Waals surface area contributed by atoms with Crippen LogP contribution in [0.3, 0.4) is 0 Å². The van der Waals surface area contributed by atoms with Crippen LogP contribution in [-0.4, -0.2) is 19.5 Å². The molecule has 0 aromatic heterocycles. The highest BCUT2D eigenvalue weighted by molar-refractivity contribution is 14.1. The molecule has 0 N–H and O–H groups in total. The molecule has 0 amide bonds. The highest BCUT2D eigenvalue weighted by Crippen LogP contribution is 2.18. The van der Waals surface area contributed by atoms with Crippen molar-refractivity contribution in [1.29, 1.82) is 0 Å².